The maximum Gasteiger partial charge on any atom is 0.315 e. The normalized spacial score (nSPS) is 14.3. The van der Waals surface area contributed by atoms with Crippen molar-refractivity contribution in [2.75, 3.05) is 31.2 Å². The number of urea groups is 1. The van der Waals surface area contributed by atoms with Gasteiger partial charge in [-0.3, -0.25) is 4.79 Å². The van der Waals surface area contributed by atoms with Crippen LogP contribution in [0.2, 0.25) is 0 Å². The molecule has 0 fully saturated rings. The van der Waals surface area contributed by atoms with Crippen molar-refractivity contribution in [2.45, 2.75) is 32.7 Å². The Bertz CT molecular complexity index is 548. The average molecular weight is 319 g/mol. The van der Waals surface area contributed by atoms with Crippen LogP contribution in [0.5, 0.6) is 0 Å². The second-order valence-corrected chi connectivity index (χ2v) is 5.54. The summed E-state index contributed by atoms with van der Waals surface area (Å²) in [6.45, 7) is 6.14. The molecule has 0 saturated carbocycles. The first-order chi connectivity index (χ1) is 11.1. The SMILES string of the molecule is CCOCCCNC(=O)N[C@H](C)C(=O)N1CCc2ccccc21. The Labute approximate surface area is 137 Å². The highest BCUT2D eigenvalue weighted by Gasteiger charge is 2.28. The van der Waals surface area contributed by atoms with Crippen molar-refractivity contribution >= 4 is 17.6 Å². The van der Waals surface area contributed by atoms with Crippen molar-refractivity contribution in [2.24, 2.45) is 0 Å². The second-order valence-electron chi connectivity index (χ2n) is 5.54. The Kier molecular flexibility index (Phi) is 6.40. The number of hydrogen-bond donors (Lipinski definition) is 2. The van der Waals surface area contributed by atoms with Crippen LogP contribution in [0, 0.1) is 0 Å². The molecule has 0 spiro atoms. The van der Waals surface area contributed by atoms with E-state index in [0.29, 0.717) is 26.3 Å². The van der Waals surface area contributed by atoms with Crippen LogP contribution in [0.3, 0.4) is 0 Å². The van der Waals surface area contributed by atoms with Crippen molar-refractivity contribution in [3.05, 3.63) is 29.8 Å². The fourth-order valence-electron chi connectivity index (χ4n) is 2.63. The van der Waals surface area contributed by atoms with Gasteiger partial charge in [0.2, 0.25) is 5.91 Å². The predicted molar refractivity (Wildman–Crippen MR) is 89.6 cm³/mol. The molecular formula is C17H25N3O3. The quantitative estimate of drug-likeness (QED) is 0.751. The predicted octanol–water partition coefficient (Wildman–Crippen LogP) is 1.69. The largest absolute Gasteiger partial charge is 0.382 e. The van der Waals surface area contributed by atoms with Crippen LogP contribution in [0.4, 0.5) is 10.5 Å². The highest BCUT2D eigenvalue weighted by atomic mass is 16.5. The molecular weight excluding hydrogens is 294 g/mol. The van der Waals surface area contributed by atoms with E-state index in [9.17, 15) is 9.59 Å². The first-order valence-electron chi connectivity index (χ1n) is 8.15. The summed E-state index contributed by atoms with van der Waals surface area (Å²) in [6, 6.07) is 6.99. The van der Waals surface area contributed by atoms with Gasteiger partial charge in [0.1, 0.15) is 6.04 Å². The molecule has 23 heavy (non-hydrogen) atoms. The molecule has 2 N–H and O–H groups in total. The zero-order valence-corrected chi connectivity index (χ0v) is 13.8. The zero-order chi connectivity index (χ0) is 16.7. The van der Waals surface area contributed by atoms with Crippen molar-refractivity contribution in [3.63, 3.8) is 0 Å². The number of carbonyl (C=O) groups excluding carboxylic acids is 2. The van der Waals surface area contributed by atoms with Crippen LogP contribution < -0.4 is 15.5 Å². The molecule has 0 bridgehead atoms. The van der Waals surface area contributed by atoms with Gasteiger partial charge in [0.25, 0.3) is 0 Å². The van der Waals surface area contributed by atoms with E-state index in [0.717, 1.165) is 18.5 Å². The average Bonchev–Trinajstić information content (AvgIpc) is 2.98. The molecule has 1 aromatic carbocycles. The van der Waals surface area contributed by atoms with Crippen LogP contribution in [0.1, 0.15) is 25.8 Å². The van der Waals surface area contributed by atoms with Crippen molar-refractivity contribution < 1.29 is 14.3 Å². The van der Waals surface area contributed by atoms with Crippen LogP contribution in [-0.4, -0.2) is 44.3 Å². The van der Waals surface area contributed by atoms with E-state index in [4.69, 9.17) is 4.74 Å². The Morgan fingerprint density at radius 2 is 2.13 bits per heavy atom. The third-order valence-corrected chi connectivity index (χ3v) is 3.83. The van der Waals surface area contributed by atoms with Gasteiger partial charge in [-0.1, -0.05) is 18.2 Å². The number of amides is 3. The molecule has 1 atom stereocenters. The summed E-state index contributed by atoms with van der Waals surface area (Å²) in [7, 11) is 0. The maximum atomic E-state index is 12.5. The molecule has 1 aliphatic heterocycles. The first-order valence-corrected chi connectivity index (χ1v) is 8.15. The molecule has 3 amide bonds. The van der Waals surface area contributed by atoms with Gasteiger partial charge in [-0.2, -0.15) is 0 Å². The lowest BCUT2D eigenvalue weighted by Gasteiger charge is -2.22. The molecule has 0 aliphatic carbocycles. The number of nitrogens with zero attached hydrogens (tertiary/aromatic N) is 1. The van der Waals surface area contributed by atoms with E-state index in [2.05, 4.69) is 10.6 Å². The number of hydrogen-bond acceptors (Lipinski definition) is 3. The zero-order valence-electron chi connectivity index (χ0n) is 13.8. The molecule has 1 aromatic rings. The Hall–Kier alpha value is -2.08. The fraction of sp³-hybridized carbons (Fsp3) is 0.529. The van der Waals surface area contributed by atoms with Gasteiger partial charge in [-0.15, -0.1) is 0 Å². The smallest absolute Gasteiger partial charge is 0.315 e. The first kappa shape index (κ1) is 17.3. The van der Waals surface area contributed by atoms with E-state index in [1.54, 1.807) is 11.8 Å². The molecule has 2 rings (SSSR count). The summed E-state index contributed by atoms with van der Waals surface area (Å²) in [5, 5.41) is 5.43. The summed E-state index contributed by atoms with van der Waals surface area (Å²) >= 11 is 0. The number of rotatable bonds is 7. The lowest BCUT2D eigenvalue weighted by Crippen LogP contribution is -2.49. The number of ether oxygens (including phenoxy) is 1. The highest BCUT2D eigenvalue weighted by Crippen LogP contribution is 2.27. The van der Waals surface area contributed by atoms with Gasteiger partial charge in [0, 0.05) is 32.0 Å². The Morgan fingerprint density at radius 3 is 2.91 bits per heavy atom. The van der Waals surface area contributed by atoms with Crippen LogP contribution >= 0.6 is 0 Å². The number of para-hydroxylation sites is 1. The minimum absolute atomic E-state index is 0.0839. The minimum Gasteiger partial charge on any atom is -0.382 e. The number of nitrogens with one attached hydrogen (secondary N) is 2. The molecule has 0 aromatic heterocycles. The van der Waals surface area contributed by atoms with Gasteiger partial charge < -0.3 is 20.3 Å². The summed E-state index contributed by atoms with van der Waals surface area (Å²) in [6.07, 6.45) is 1.61. The lowest BCUT2D eigenvalue weighted by molar-refractivity contribution is -0.119. The van der Waals surface area contributed by atoms with Gasteiger partial charge in [0.15, 0.2) is 0 Å². The van der Waals surface area contributed by atoms with Crippen LogP contribution in [-0.2, 0) is 16.0 Å². The second kappa shape index (κ2) is 8.53. The maximum absolute atomic E-state index is 12.5. The highest BCUT2D eigenvalue weighted by molar-refractivity contribution is 6.00. The van der Waals surface area contributed by atoms with E-state index in [-0.39, 0.29) is 11.9 Å². The molecule has 1 aliphatic rings. The molecule has 0 saturated heterocycles. The van der Waals surface area contributed by atoms with E-state index >= 15 is 0 Å². The summed E-state index contributed by atoms with van der Waals surface area (Å²) < 4.78 is 5.20. The van der Waals surface area contributed by atoms with E-state index in [1.807, 2.05) is 31.2 Å². The molecule has 0 unspecified atom stereocenters. The van der Waals surface area contributed by atoms with E-state index < -0.39 is 6.04 Å². The Morgan fingerprint density at radius 1 is 1.35 bits per heavy atom. The van der Waals surface area contributed by atoms with E-state index in [1.165, 1.54) is 5.56 Å². The van der Waals surface area contributed by atoms with Crippen molar-refractivity contribution in [1.29, 1.82) is 0 Å². The van der Waals surface area contributed by atoms with Gasteiger partial charge in [-0.05, 0) is 38.3 Å². The number of fused-ring (bicyclic) bond motifs is 1. The third-order valence-electron chi connectivity index (χ3n) is 3.83. The minimum atomic E-state index is -0.562. The fourth-order valence-corrected chi connectivity index (χ4v) is 2.63. The number of carbonyl (C=O) groups is 2. The summed E-state index contributed by atoms with van der Waals surface area (Å²) in [5.74, 6) is -0.0839. The van der Waals surface area contributed by atoms with Crippen molar-refractivity contribution in [1.82, 2.24) is 10.6 Å². The van der Waals surface area contributed by atoms with Gasteiger partial charge >= 0.3 is 6.03 Å². The number of anilines is 1. The standard InChI is InChI=1S/C17H25N3O3/c1-3-23-12-6-10-18-17(22)19-13(2)16(21)20-11-9-14-7-4-5-8-15(14)20/h4-5,7-8,13H,3,6,9-12H2,1-2H3,(H2,18,19,22)/t13-/m1/s1. The monoisotopic (exact) mass is 319 g/mol. The summed E-state index contributed by atoms with van der Waals surface area (Å²) in [5.41, 5.74) is 2.12. The topological polar surface area (TPSA) is 70.7 Å². The Balaban J connectivity index is 1.78. The summed E-state index contributed by atoms with van der Waals surface area (Å²) in [4.78, 5) is 26.1. The van der Waals surface area contributed by atoms with Crippen LogP contribution in [0.15, 0.2) is 24.3 Å². The molecule has 0 radical (unpaired) electrons. The third kappa shape index (κ3) is 4.69. The molecule has 126 valence electrons. The lowest BCUT2D eigenvalue weighted by atomic mass is 10.2. The number of benzene rings is 1. The van der Waals surface area contributed by atoms with Gasteiger partial charge in [-0.25, -0.2) is 4.79 Å². The van der Waals surface area contributed by atoms with Crippen LogP contribution in [0.25, 0.3) is 0 Å². The molecule has 6 heteroatoms. The molecule has 1 heterocycles. The van der Waals surface area contributed by atoms with Crippen molar-refractivity contribution in [3.8, 4) is 0 Å². The van der Waals surface area contributed by atoms with Gasteiger partial charge in [0.05, 0.1) is 0 Å². The molecule has 6 nitrogen and oxygen atoms in total.